The molecule has 0 radical (unpaired) electrons. The highest BCUT2D eigenvalue weighted by Crippen LogP contribution is 2.19. The van der Waals surface area contributed by atoms with E-state index in [0.717, 1.165) is 0 Å². The Morgan fingerprint density at radius 2 is 1.80 bits per heavy atom. The van der Waals surface area contributed by atoms with Gasteiger partial charge in [0.2, 0.25) is 5.95 Å². The highest BCUT2D eigenvalue weighted by Gasteiger charge is 2.16. The first-order valence-corrected chi connectivity index (χ1v) is 9.78. The number of hydrogen-bond donors (Lipinski definition) is 2. The lowest BCUT2D eigenvalue weighted by molar-refractivity contribution is 0.601. The van der Waals surface area contributed by atoms with Gasteiger partial charge < -0.3 is 0 Å². The maximum Gasteiger partial charge on any atom is 0.264 e. The van der Waals surface area contributed by atoms with Crippen LogP contribution in [0.1, 0.15) is 11.4 Å². The van der Waals surface area contributed by atoms with E-state index in [4.69, 9.17) is 5.26 Å². The van der Waals surface area contributed by atoms with Crippen LogP contribution in [0.25, 0.3) is 0 Å². The van der Waals surface area contributed by atoms with Crippen LogP contribution >= 0.6 is 11.8 Å². The monoisotopic (exact) mass is 376 g/mol. The van der Waals surface area contributed by atoms with Crippen LogP contribution in [0.4, 0.5) is 11.6 Å². The summed E-state index contributed by atoms with van der Waals surface area (Å²) >= 11 is 1.27. The van der Waals surface area contributed by atoms with Gasteiger partial charge in [0.1, 0.15) is 0 Å². The molecule has 0 atom stereocenters. The molecule has 1 heterocycles. The molecule has 10 heteroatoms. The molecule has 2 rings (SSSR count). The third-order valence-corrected chi connectivity index (χ3v) is 4.87. The first-order valence-electron chi connectivity index (χ1n) is 7.07. The SMILES string of the molecule is CSC(=Nc1ccc(S(=O)(=O)Nc2nc(C)cc(C)n2)cc1)NC#N. The summed E-state index contributed by atoms with van der Waals surface area (Å²) in [6.45, 7) is 3.52. The number of aliphatic imine (C=N–C) groups is 1. The molecule has 0 bridgehead atoms. The molecule has 1 aromatic heterocycles. The highest BCUT2D eigenvalue weighted by atomic mass is 32.2. The van der Waals surface area contributed by atoms with Crippen LogP contribution in [0.15, 0.2) is 40.2 Å². The normalized spacial score (nSPS) is 11.7. The molecule has 0 saturated carbocycles. The topological polar surface area (TPSA) is 120 Å². The first-order chi connectivity index (χ1) is 11.8. The van der Waals surface area contributed by atoms with Crippen molar-refractivity contribution in [3.05, 3.63) is 41.7 Å². The Balaban J connectivity index is 2.24. The van der Waals surface area contributed by atoms with E-state index in [1.807, 2.05) is 0 Å². The smallest absolute Gasteiger partial charge is 0.264 e. The summed E-state index contributed by atoms with van der Waals surface area (Å²) in [7, 11) is -3.80. The van der Waals surface area contributed by atoms with E-state index < -0.39 is 10.0 Å². The zero-order valence-corrected chi connectivity index (χ0v) is 15.4. The molecule has 130 valence electrons. The third-order valence-electron chi connectivity index (χ3n) is 2.94. The summed E-state index contributed by atoms with van der Waals surface area (Å²) in [4.78, 5) is 12.4. The number of rotatable bonds is 4. The number of thioether (sulfide) groups is 1. The van der Waals surface area contributed by atoms with Gasteiger partial charge in [0, 0.05) is 11.4 Å². The quantitative estimate of drug-likeness (QED) is 0.363. The predicted octanol–water partition coefficient (Wildman–Crippen LogP) is 2.32. The third kappa shape index (κ3) is 5.17. The largest absolute Gasteiger partial charge is 0.271 e. The second-order valence-electron chi connectivity index (χ2n) is 4.93. The lowest BCUT2D eigenvalue weighted by Gasteiger charge is -2.08. The number of hydrogen-bond acceptors (Lipinski definition) is 7. The van der Waals surface area contributed by atoms with Gasteiger partial charge in [0.15, 0.2) is 11.4 Å². The number of benzene rings is 1. The summed E-state index contributed by atoms with van der Waals surface area (Å²) in [5.41, 5.74) is 1.86. The zero-order chi connectivity index (χ0) is 18.4. The Kier molecular flexibility index (Phi) is 5.95. The van der Waals surface area contributed by atoms with Crippen LogP contribution in [-0.4, -0.2) is 29.8 Å². The van der Waals surface area contributed by atoms with E-state index in [1.54, 1.807) is 44.5 Å². The number of nitrogens with zero attached hydrogens (tertiary/aromatic N) is 4. The van der Waals surface area contributed by atoms with Gasteiger partial charge in [-0.25, -0.2) is 28.1 Å². The Bertz CT molecular complexity index is 913. The second kappa shape index (κ2) is 7.96. The number of amidine groups is 1. The van der Waals surface area contributed by atoms with Gasteiger partial charge in [-0.1, -0.05) is 11.8 Å². The van der Waals surface area contributed by atoms with Crippen LogP contribution in [0.5, 0.6) is 0 Å². The Morgan fingerprint density at radius 1 is 1.20 bits per heavy atom. The van der Waals surface area contributed by atoms with Gasteiger partial charge in [-0.3, -0.25) is 5.32 Å². The van der Waals surface area contributed by atoms with E-state index in [2.05, 4.69) is 25.0 Å². The van der Waals surface area contributed by atoms with Gasteiger partial charge in [0.25, 0.3) is 10.0 Å². The Morgan fingerprint density at radius 3 is 2.32 bits per heavy atom. The summed E-state index contributed by atoms with van der Waals surface area (Å²) < 4.78 is 27.2. The van der Waals surface area contributed by atoms with Crippen LogP contribution in [0, 0.1) is 25.3 Å². The number of nitrogens with one attached hydrogen (secondary N) is 2. The van der Waals surface area contributed by atoms with Gasteiger partial charge in [0.05, 0.1) is 10.6 Å². The minimum Gasteiger partial charge on any atom is -0.271 e. The number of aryl methyl sites for hydroxylation is 2. The number of nitriles is 1. The van der Waals surface area contributed by atoms with E-state index in [-0.39, 0.29) is 10.8 Å². The van der Waals surface area contributed by atoms with Crippen LogP contribution in [-0.2, 0) is 10.0 Å². The highest BCUT2D eigenvalue weighted by molar-refractivity contribution is 8.13. The van der Waals surface area contributed by atoms with Crippen LogP contribution < -0.4 is 10.0 Å². The Labute approximate surface area is 150 Å². The molecule has 0 aliphatic rings. The predicted molar refractivity (Wildman–Crippen MR) is 98.1 cm³/mol. The molecular weight excluding hydrogens is 360 g/mol. The molecule has 0 unspecified atom stereocenters. The summed E-state index contributed by atoms with van der Waals surface area (Å²) in [5.74, 6) is 0.0301. The summed E-state index contributed by atoms with van der Waals surface area (Å²) in [6, 6.07) is 7.70. The van der Waals surface area contributed by atoms with E-state index in [9.17, 15) is 8.42 Å². The standard InChI is InChI=1S/C15H16N6O2S2/c1-10-8-11(2)19-14(18-10)21-25(22,23)13-6-4-12(5-7-13)20-15(24-3)17-9-16/h4-8H,1-3H3,(H,17,20)(H,18,19,21). The number of anilines is 1. The fraction of sp³-hybridized carbons (Fsp3) is 0.200. The van der Waals surface area contributed by atoms with Crippen molar-refractivity contribution in [3.63, 3.8) is 0 Å². The molecule has 0 spiro atoms. The molecular formula is C15H16N6O2S2. The van der Waals surface area contributed by atoms with Crippen molar-refractivity contribution >= 4 is 38.6 Å². The summed E-state index contributed by atoms with van der Waals surface area (Å²) in [5, 5.41) is 11.5. The van der Waals surface area contributed by atoms with Crippen molar-refractivity contribution in [1.82, 2.24) is 15.3 Å². The minimum absolute atomic E-state index is 0.0301. The lowest BCUT2D eigenvalue weighted by atomic mass is 10.3. The maximum absolute atomic E-state index is 12.4. The van der Waals surface area contributed by atoms with Crippen molar-refractivity contribution in [2.45, 2.75) is 18.7 Å². The molecule has 8 nitrogen and oxygen atoms in total. The van der Waals surface area contributed by atoms with E-state index >= 15 is 0 Å². The zero-order valence-electron chi connectivity index (χ0n) is 13.8. The van der Waals surface area contributed by atoms with Crippen molar-refractivity contribution < 1.29 is 8.42 Å². The molecule has 25 heavy (non-hydrogen) atoms. The van der Waals surface area contributed by atoms with Crippen LogP contribution in [0.3, 0.4) is 0 Å². The van der Waals surface area contributed by atoms with E-state index in [0.29, 0.717) is 22.2 Å². The summed E-state index contributed by atoms with van der Waals surface area (Å²) in [6.07, 6.45) is 3.56. The second-order valence-corrected chi connectivity index (χ2v) is 7.41. The maximum atomic E-state index is 12.4. The average Bonchev–Trinajstić information content (AvgIpc) is 2.53. The molecule has 0 amide bonds. The van der Waals surface area contributed by atoms with Crippen molar-refractivity contribution in [2.24, 2.45) is 4.99 Å². The molecule has 2 aromatic rings. The first kappa shape index (κ1) is 18.7. The van der Waals surface area contributed by atoms with Crippen LogP contribution in [0.2, 0.25) is 0 Å². The van der Waals surface area contributed by atoms with Crippen molar-refractivity contribution in [3.8, 4) is 6.19 Å². The molecule has 1 aromatic carbocycles. The average molecular weight is 376 g/mol. The molecule has 0 aliphatic carbocycles. The fourth-order valence-corrected chi connectivity index (χ4v) is 3.23. The van der Waals surface area contributed by atoms with Crippen molar-refractivity contribution in [1.29, 1.82) is 5.26 Å². The Hall–Kier alpha value is -2.64. The van der Waals surface area contributed by atoms with Gasteiger partial charge >= 0.3 is 0 Å². The fourth-order valence-electron chi connectivity index (χ4n) is 1.94. The minimum atomic E-state index is -3.80. The van der Waals surface area contributed by atoms with E-state index in [1.165, 1.54) is 23.9 Å². The molecule has 0 aliphatic heterocycles. The number of sulfonamides is 1. The van der Waals surface area contributed by atoms with Gasteiger partial charge in [-0.15, -0.1) is 0 Å². The lowest BCUT2D eigenvalue weighted by Crippen LogP contribution is -2.15. The molecule has 0 saturated heterocycles. The number of aromatic nitrogens is 2. The molecule has 2 N–H and O–H groups in total. The van der Waals surface area contributed by atoms with Gasteiger partial charge in [-0.2, -0.15) is 5.26 Å². The van der Waals surface area contributed by atoms with Crippen molar-refractivity contribution in [2.75, 3.05) is 11.0 Å². The van der Waals surface area contributed by atoms with Gasteiger partial charge in [-0.05, 0) is 50.4 Å². The molecule has 0 fully saturated rings.